The standard InChI is InChI=1S/C12H16O7S/c13-12(19-8-9-20(14,15)16)10-17-6-7-18-11-4-2-1-3-5-11/h1-5H,6-10H2,(H,14,15,16). The molecule has 0 saturated carbocycles. The van der Waals surface area contributed by atoms with Crippen molar-refractivity contribution in [2.75, 3.05) is 32.2 Å². The Labute approximate surface area is 117 Å². The molecule has 0 aliphatic carbocycles. The van der Waals surface area contributed by atoms with Gasteiger partial charge in [0.05, 0.1) is 6.61 Å². The Kier molecular flexibility index (Phi) is 6.99. The molecule has 1 N–H and O–H groups in total. The number of hydrogen-bond donors (Lipinski definition) is 1. The van der Waals surface area contributed by atoms with Gasteiger partial charge in [-0.15, -0.1) is 0 Å². The van der Waals surface area contributed by atoms with Crippen molar-refractivity contribution in [3.8, 4) is 5.75 Å². The first-order valence-electron chi connectivity index (χ1n) is 5.84. The van der Waals surface area contributed by atoms with Crippen LogP contribution in [0.5, 0.6) is 5.75 Å². The monoisotopic (exact) mass is 304 g/mol. The Morgan fingerprint density at radius 1 is 1.10 bits per heavy atom. The van der Waals surface area contributed by atoms with Gasteiger partial charge in [-0.25, -0.2) is 4.79 Å². The summed E-state index contributed by atoms with van der Waals surface area (Å²) >= 11 is 0. The molecule has 0 amide bonds. The van der Waals surface area contributed by atoms with Crippen LogP contribution in [0, 0.1) is 0 Å². The van der Waals surface area contributed by atoms with Crippen molar-refractivity contribution in [3.63, 3.8) is 0 Å². The van der Waals surface area contributed by atoms with Crippen LogP contribution in [-0.4, -0.2) is 51.1 Å². The number of carbonyl (C=O) groups is 1. The fourth-order valence-electron chi connectivity index (χ4n) is 1.19. The van der Waals surface area contributed by atoms with Gasteiger partial charge in [0.1, 0.15) is 31.3 Å². The minimum Gasteiger partial charge on any atom is -0.491 e. The van der Waals surface area contributed by atoms with Crippen molar-refractivity contribution in [2.45, 2.75) is 0 Å². The third-order valence-electron chi connectivity index (χ3n) is 2.06. The molecule has 0 aliphatic rings. The predicted octanol–water partition coefficient (Wildman–Crippen LogP) is 0.513. The predicted molar refractivity (Wildman–Crippen MR) is 70.1 cm³/mol. The molecule has 0 fully saturated rings. The molecule has 0 bridgehead atoms. The Hall–Kier alpha value is -1.64. The van der Waals surface area contributed by atoms with Crippen LogP contribution in [0.4, 0.5) is 0 Å². The van der Waals surface area contributed by atoms with Crippen molar-refractivity contribution in [2.24, 2.45) is 0 Å². The Morgan fingerprint density at radius 2 is 1.80 bits per heavy atom. The molecule has 0 aliphatic heterocycles. The zero-order valence-corrected chi connectivity index (χ0v) is 11.5. The summed E-state index contributed by atoms with van der Waals surface area (Å²) in [7, 11) is -4.12. The highest BCUT2D eigenvalue weighted by Crippen LogP contribution is 2.07. The van der Waals surface area contributed by atoms with Gasteiger partial charge in [0.25, 0.3) is 10.1 Å². The summed E-state index contributed by atoms with van der Waals surface area (Å²) in [4.78, 5) is 11.1. The lowest BCUT2D eigenvalue weighted by atomic mass is 10.3. The molecule has 0 aromatic heterocycles. The van der Waals surface area contributed by atoms with E-state index < -0.39 is 28.4 Å². The van der Waals surface area contributed by atoms with E-state index in [0.29, 0.717) is 5.75 Å². The molecule has 1 aromatic rings. The maximum atomic E-state index is 11.1. The van der Waals surface area contributed by atoms with Crippen molar-refractivity contribution in [3.05, 3.63) is 30.3 Å². The molecular weight excluding hydrogens is 288 g/mol. The van der Waals surface area contributed by atoms with Crippen LogP contribution < -0.4 is 4.74 Å². The van der Waals surface area contributed by atoms with E-state index in [4.69, 9.17) is 14.0 Å². The summed E-state index contributed by atoms with van der Waals surface area (Å²) in [5.74, 6) is -0.629. The van der Waals surface area contributed by atoms with Gasteiger partial charge in [-0.1, -0.05) is 18.2 Å². The number of hydrogen-bond acceptors (Lipinski definition) is 6. The normalized spacial score (nSPS) is 11.1. The topological polar surface area (TPSA) is 99.1 Å². The van der Waals surface area contributed by atoms with Gasteiger partial charge in [0.2, 0.25) is 0 Å². The summed E-state index contributed by atoms with van der Waals surface area (Å²) in [6, 6.07) is 9.13. The summed E-state index contributed by atoms with van der Waals surface area (Å²) in [5, 5.41) is 0. The molecule has 1 rings (SSSR count). The highest BCUT2D eigenvalue weighted by Gasteiger charge is 2.08. The Balaban J connectivity index is 2.02. The third-order valence-corrected chi connectivity index (χ3v) is 2.75. The lowest BCUT2D eigenvalue weighted by Gasteiger charge is -2.07. The summed E-state index contributed by atoms with van der Waals surface area (Å²) in [6.07, 6.45) is 0. The molecule has 0 radical (unpaired) electrons. The molecule has 0 spiro atoms. The van der Waals surface area contributed by atoms with Gasteiger partial charge in [0.15, 0.2) is 0 Å². The van der Waals surface area contributed by atoms with E-state index in [9.17, 15) is 13.2 Å². The van der Waals surface area contributed by atoms with Crippen LogP contribution in [-0.2, 0) is 24.4 Å². The van der Waals surface area contributed by atoms with Crippen LogP contribution in [0.2, 0.25) is 0 Å². The molecular formula is C12H16O7S. The van der Waals surface area contributed by atoms with Gasteiger partial charge in [0, 0.05) is 0 Å². The number of ether oxygens (including phenoxy) is 3. The molecule has 8 heteroatoms. The maximum absolute atomic E-state index is 11.1. The van der Waals surface area contributed by atoms with Crippen LogP contribution in [0.3, 0.4) is 0 Å². The van der Waals surface area contributed by atoms with Crippen molar-refractivity contribution in [1.82, 2.24) is 0 Å². The largest absolute Gasteiger partial charge is 0.491 e. The molecule has 112 valence electrons. The second-order valence-corrected chi connectivity index (χ2v) is 5.29. The third kappa shape index (κ3) is 8.46. The molecule has 7 nitrogen and oxygen atoms in total. The Bertz CT molecular complexity index is 498. The number of esters is 1. The quantitative estimate of drug-likeness (QED) is 0.403. The first-order chi connectivity index (χ1) is 9.47. The fourth-order valence-corrected chi connectivity index (χ4v) is 1.49. The highest BCUT2D eigenvalue weighted by molar-refractivity contribution is 7.85. The number of carbonyl (C=O) groups excluding carboxylic acids is 1. The molecule has 1 aromatic carbocycles. The van der Waals surface area contributed by atoms with E-state index >= 15 is 0 Å². The smallest absolute Gasteiger partial charge is 0.332 e. The maximum Gasteiger partial charge on any atom is 0.332 e. The molecule has 0 heterocycles. The minimum absolute atomic E-state index is 0.197. The second kappa shape index (κ2) is 8.51. The van der Waals surface area contributed by atoms with Gasteiger partial charge in [-0.05, 0) is 12.1 Å². The van der Waals surface area contributed by atoms with E-state index in [1.807, 2.05) is 18.2 Å². The van der Waals surface area contributed by atoms with Crippen molar-refractivity contribution in [1.29, 1.82) is 0 Å². The SMILES string of the molecule is O=C(COCCOc1ccccc1)OCCS(=O)(=O)O. The number of rotatable bonds is 9. The van der Waals surface area contributed by atoms with E-state index in [0.717, 1.165) is 0 Å². The van der Waals surface area contributed by atoms with Crippen LogP contribution in [0.25, 0.3) is 0 Å². The Morgan fingerprint density at radius 3 is 2.45 bits per heavy atom. The first kappa shape index (κ1) is 16.4. The molecule has 0 saturated heterocycles. The minimum atomic E-state index is -4.12. The van der Waals surface area contributed by atoms with Gasteiger partial charge < -0.3 is 14.2 Å². The fraction of sp³-hybridized carbons (Fsp3) is 0.417. The summed E-state index contributed by atoms with van der Waals surface area (Å²) in [6.45, 7) is -0.226. The van der Waals surface area contributed by atoms with Gasteiger partial charge in [-0.3, -0.25) is 4.55 Å². The van der Waals surface area contributed by atoms with Crippen LogP contribution in [0.1, 0.15) is 0 Å². The lowest BCUT2D eigenvalue weighted by Crippen LogP contribution is -2.19. The van der Waals surface area contributed by atoms with E-state index in [1.54, 1.807) is 12.1 Å². The van der Waals surface area contributed by atoms with Gasteiger partial charge in [-0.2, -0.15) is 8.42 Å². The van der Waals surface area contributed by atoms with E-state index in [-0.39, 0.29) is 19.8 Å². The number of para-hydroxylation sites is 1. The van der Waals surface area contributed by atoms with Crippen LogP contribution >= 0.6 is 0 Å². The summed E-state index contributed by atoms with van der Waals surface area (Å²) < 4.78 is 44.0. The molecule has 20 heavy (non-hydrogen) atoms. The second-order valence-electron chi connectivity index (χ2n) is 3.72. The molecule has 0 unspecified atom stereocenters. The average molecular weight is 304 g/mol. The average Bonchev–Trinajstić information content (AvgIpc) is 2.38. The van der Waals surface area contributed by atoms with Crippen molar-refractivity contribution < 1.29 is 32.0 Å². The number of benzene rings is 1. The van der Waals surface area contributed by atoms with Crippen molar-refractivity contribution >= 4 is 16.1 Å². The molecule has 0 atom stereocenters. The lowest BCUT2D eigenvalue weighted by molar-refractivity contribution is -0.148. The summed E-state index contributed by atoms with van der Waals surface area (Å²) in [5.41, 5.74) is 0. The van der Waals surface area contributed by atoms with Crippen LogP contribution in [0.15, 0.2) is 30.3 Å². The highest BCUT2D eigenvalue weighted by atomic mass is 32.2. The first-order valence-corrected chi connectivity index (χ1v) is 7.45. The van der Waals surface area contributed by atoms with Gasteiger partial charge >= 0.3 is 5.97 Å². The van der Waals surface area contributed by atoms with E-state index in [2.05, 4.69) is 4.74 Å². The van der Waals surface area contributed by atoms with E-state index in [1.165, 1.54) is 0 Å². The zero-order valence-electron chi connectivity index (χ0n) is 10.7. The zero-order chi connectivity index (χ0) is 14.8.